The van der Waals surface area contributed by atoms with Gasteiger partial charge >= 0.3 is 0 Å². The van der Waals surface area contributed by atoms with Crippen LogP contribution < -0.4 is 4.72 Å². The molecular weight excluding hydrogens is 329 g/mol. The lowest BCUT2D eigenvalue weighted by molar-refractivity contribution is 0.106. The van der Waals surface area contributed by atoms with Crippen LogP contribution in [0.5, 0.6) is 0 Å². The summed E-state index contributed by atoms with van der Waals surface area (Å²) in [4.78, 5) is 3.78. The zero-order valence-electron chi connectivity index (χ0n) is 10.2. The molecule has 1 atom stereocenters. The monoisotopic (exact) mass is 342 g/mol. The largest absolute Gasteiger partial charge is 0.260 e. The Bertz CT molecular complexity index is 410. The normalized spacial score (nSPS) is 14.0. The van der Waals surface area contributed by atoms with Crippen LogP contribution in [0.4, 0.5) is 13.2 Å². The fraction of sp³-hybridized carbons (Fsp3) is 0.545. The van der Waals surface area contributed by atoms with Crippen molar-refractivity contribution in [2.45, 2.75) is 38.0 Å². The summed E-state index contributed by atoms with van der Waals surface area (Å²) in [5.74, 6) is -0.745. The van der Waals surface area contributed by atoms with E-state index in [9.17, 15) is 13.2 Å². The number of alkyl halides is 2. The van der Waals surface area contributed by atoms with E-state index in [1.807, 2.05) is 20.8 Å². The number of aromatic nitrogens is 1. The molecule has 2 nitrogen and oxygen atoms in total. The molecule has 0 aromatic carbocycles. The number of nitrogens with one attached hydrogen (secondary N) is 1. The number of rotatable bonds is 4. The Hall–Kier alpha value is -0.270. The van der Waals surface area contributed by atoms with Gasteiger partial charge in [0, 0.05) is 4.75 Å². The second-order valence-corrected chi connectivity index (χ2v) is 7.12. The molecule has 102 valence electrons. The molecule has 0 aliphatic heterocycles. The SMILES string of the molecule is CC(C)(C)SNC(c1nc(Br)ccc1F)C(F)F. The van der Waals surface area contributed by atoms with Gasteiger partial charge in [0.25, 0.3) is 6.43 Å². The van der Waals surface area contributed by atoms with Gasteiger partial charge in [-0.2, -0.15) is 0 Å². The zero-order chi connectivity index (χ0) is 13.9. The summed E-state index contributed by atoms with van der Waals surface area (Å²) in [6.45, 7) is 5.62. The maximum atomic E-state index is 13.5. The Balaban J connectivity index is 2.94. The third-order valence-electron chi connectivity index (χ3n) is 1.88. The van der Waals surface area contributed by atoms with Crippen LogP contribution >= 0.6 is 27.9 Å². The van der Waals surface area contributed by atoms with Crippen molar-refractivity contribution in [1.82, 2.24) is 9.71 Å². The van der Waals surface area contributed by atoms with Gasteiger partial charge in [-0.1, -0.05) is 11.9 Å². The lowest BCUT2D eigenvalue weighted by atomic mass is 10.2. The average molecular weight is 343 g/mol. The van der Waals surface area contributed by atoms with E-state index >= 15 is 0 Å². The minimum atomic E-state index is -2.74. The van der Waals surface area contributed by atoms with Gasteiger partial charge in [0.1, 0.15) is 22.2 Å². The first-order valence-corrected chi connectivity index (χ1v) is 6.85. The fourth-order valence-electron chi connectivity index (χ4n) is 1.12. The van der Waals surface area contributed by atoms with Crippen LogP contribution in [0.15, 0.2) is 16.7 Å². The van der Waals surface area contributed by atoms with Crippen molar-refractivity contribution in [3.63, 3.8) is 0 Å². The first-order chi connectivity index (χ1) is 8.20. The summed E-state index contributed by atoms with van der Waals surface area (Å²) >= 11 is 4.17. The predicted octanol–water partition coefficient (Wildman–Crippen LogP) is 4.33. The molecule has 1 aromatic rings. The van der Waals surface area contributed by atoms with Crippen molar-refractivity contribution in [1.29, 1.82) is 0 Å². The molecule has 0 saturated carbocycles. The quantitative estimate of drug-likeness (QED) is 0.651. The van der Waals surface area contributed by atoms with Gasteiger partial charge < -0.3 is 0 Å². The van der Waals surface area contributed by atoms with Crippen LogP contribution in [-0.4, -0.2) is 16.2 Å². The zero-order valence-corrected chi connectivity index (χ0v) is 12.6. The van der Waals surface area contributed by atoms with Crippen molar-refractivity contribution < 1.29 is 13.2 Å². The van der Waals surface area contributed by atoms with Crippen molar-refractivity contribution in [3.8, 4) is 0 Å². The van der Waals surface area contributed by atoms with Gasteiger partial charge in [0.2, 0.25) is 0 Å². The number of pyridine rings is 1. The van der Waals surface area contributed by atoms with E-state index < -0.39 is 18.3 Å². The molecule has 0 saturated heterocycles. The smallest absolute Gasteiger partial charge is 0.249 e. The third kappa shape index (κ3) is 4.78. The Morgan fingerprint density at radius 2 is 1.94 bits per heavy atom. The first kappa shape index (κ1) is 15.8. The molecular formula is C11H14BrF3N2S. The highest BCUT2D eigenvalue weighted by Crippen LogP contribution is 2.29. The molecule has 0 amide bonds. The van der Waals surface area contributed by atoms with E-state index in [2.05, 4.69) is 25.6 Å². The van der Waals surface area contributed by atoms with Gasteiger partial charge in [0.05, 0.1) is 0 Å². The summed E-state index contributed by atoms with van der Waals surface area (Å²) in [5, 5.41) is 0. The second kappa shape index (κ2) is 6.25. The molecule has 1 aromatic heterocycles. The number of nitrogens with zero attached hydrogens (tertiary/aromatic N) is 1. The molecule has 0 bridgehead atoms. The van der Waals surface area contributed by atoms with Gasteiger partial charge in [-0.25, -0.2) is 22.9 Å². The molecule has 1 unspecified atom stereocenters. The molecule has 1 N–H and O–H groups in total. The fourth-order valence-corrected chi connectivity index (χ4v) is 2.14. The standard InChI is InChI=1S/C11H14BrF3N2S/c1-11(2,3)18-17-9(10(14)15)8-6(13)4-5-7(12)16-8/h4-5,9-10,17H,1-3H3. The van der Waals surface area contributed by atoms with Crippen molar-refractivity contribution >= 4 is 27.9 Å². The highest BCUT2D eigenvalue weighted by molar-refractivity contribution is 9.10. The lowest BCUT2D eigenvalue weighted by Gasteiger charge is -2.23. The van der Waals surface area contributed by atoms with E-state index in [1.54, 1.807) is 0 Å². The maximum Gasteiger partial charge on any atom is 0.260 e. The number of halogens is 4. The van der Waals surface area contributed by atoms with E-state index in [0.29, 0.717) is 4.60 Å². The maximum absolute atomic E-state index is 13.5. The minimum absolute atomic E-state index is 0.254. The van der Waals surface area contributed by atoms with E-state index in [1.165, 1.54) is 6.07 Å². The van der Waals surface area contributed by atoms with Crippen LogP contribution in [0, 0.1) is 5.82 Å². The van der Waals surface area contributed by atoms with Crippen LogP contribution in [-0.2, 0) is 0 Å². The summed E-state index contributed by atoms with van der Waals surface area (Å²) in [6.07, 6.45) is -2.74. The molecule has 18 heavy (non-hydrogen) atoms. The van der Waals surface area contributed by atoms with Crippen molar-refractivity contribution in [2.75, 3.05) is 0 Å². The van der Waals surface area contributed by atoms with Gasteiger partial charge in [-0.15, -0.1) is 0 Å². The highest BCUT2D eigenvalue weighted by atomic mass is 79.9. The first-order valence-electron chi connectivity index (χ1n) is 5.24. The Labute approximate surface area is 117 Å². The molecule has 0 fully saturated rings. The van der Waals surface area contributed by atoms with Crippen LogP contribution in [0.1, 0.15) is 32.5 Å². The summed E-state index contributed by atoms with van der Waals surface area (Å²) in [5.41, 5.74) is -0.281. The van der Waals surface area contributed by atoms with Crippen LogP contribution in [0.25, 0.3) is 0 Å². The van der Waals surface area contributed by atoms with Crippen LogP contribution in [0.3, 0.4) is 0 Å². The molecule has 0 spiro atoms. The van der Waals surface area contributed by atoms with E-state index in [4.69, 9.17) is 0 Å². The Morgan fingerprint density at radius 3 is 2.44 bits per heavy atom. The molecule has 0 aliphatic rings. The molecule has 7 heteroatoms. The lowest BCUT2D eigenvalue weighted by Crippen LogP contribution is -2.28. The summed E-state index contributed by atoms with van der Waals surface area (Å²) in [6, 6.07) is 1.05. The third-order valence-corrected chi connectivity index (χ3v) is 3.30. The van der Waals surface area contributed by atoms with E-state index in [-0.39, 0.29) is 10.4 Å². The Morgan fingerprint density at radius 1 is 1.33 bits per heavy atom. The van der Waals surface area contributed by atoms with Gasteiger partial charge in [-0.05, 0) is 48.8 Å². The van der Waals surface area contributed by atoms with Crippen LogP contribution in [0.2, 0.25) is 0 Å². The molecule has 0 radical (unpaired) electrons. The van der Waals surface area contributed by atoms with Crippen molar-refractivity contribution in [2.24, 2.45) is 0 Å². The van der Waals surface area contributed by atoms with Gasteiger partial charge in [0.15, 0.2) is 0 Å². The minimum Gasteiger partial charge on any atom is -0.249 e. The Kier molecular flexibility index (Phi) is 5.48. The highest BCUT2D eigenvalue weighted by Gasteiger charge is 2.28. The number of hydrogen-bond donors (Lipinski definition) is 1. The summed E-state index contributed by atoms with van der Waals surface area (Å²) < 4.78 is 42.1. The number of hydrogen-bond acceptors (Lipinski definition) is 3. The average Bonchev–Trinajstić information content (AvgIpc) is 2.21. The topological polar surface area (TPSA) is 24.9 Å². The molecule has 0 aliphatic carbocycles. The van der Waals surface area contributed by atoms with Crippen molar-refractivity contribution in [3.05, 3.63) is 28.2 Å². The van der Waals surface area contributed by atoms with E-state index in [0.717, 1.165) is 18.0 Å². The molecule has 1 rings (SSSR count). The second-order valence-electron chi connectivity index (χ2n) is 4.65. The van der Waals surface area contributed by atoms with Gasteiger partial charge in [-0.3, -0.25) is 0 Å². The summed E-state index contributed by atoms with van der Waals surface area (Å²) in [7, 11) is 0. The predicted molar refractivity (Wildman–Crippen MR) is 71.1 cm³/mol. The molecule has 1 heterocycles.